The lowest BCUT2D eigenvalue weighted by Crippen LogP contribution is -2.47. The second kappa shape index (κ2) is 9.99. The van der Waals surface area contributed by atoms with Crippen LogP contribution in [0, 0.1) is 6.92 Å². The number of halogens is 3. The Morgan fingerprint density at radius 2 is 1.71 bits per heavy atom. The Labute approximate surface area is 201 Å². The molecule has 1 unspecified atom stereocenters. The fourth-order valence-electron chi connectivity index (χ4n) is 4.10. The maximum atomic E-state index is 12.8. The zero-order chi connectivity index (χ0) is 25.2. The van der Waals surface area contributed by atoms with E-state index in [0.29, 0.717) is 17.0 Å². The summed E-state index contributed by atoms with van der Waals surface area (Å²) in [6.07, 6.45) is -3.33. The van der Waals surface area contributed by atoms with Crippen molar-refractivity contribution in [2.45, 2.75) is 26.1 Å². The van der Waals surface area contributed by atoms with E-state index in [0.717, 1.165) is 55.5 Å². The molecule has 0 spiro atoms. The number of esters is 1. The molecule has 1 atom stereocenters. The number of hydrogen-bond acceptors (Lipinski definition) is 7. The number of ether oxygens (including phenoxy) is 1. The molecule has 4 rings (SSSR count). The van der Waals surface area contributed by atoms with Crippen molar-refractivity contribution in [2.75, 3.05) is 38.2 Å². The largest absolute Gasteiger partial charge is 0.465 e. The SMILES string of the molecule is COC(=O)c1ccc(C(C)N2CCN(c3cc(C)nc(-c4ccc(C(F)(F)F)nc4)n3)CC2)cc1. The average Bonchev–Trinajstić information content (AvgIpc) is 2.87. The lowest BCUT2D eigenvalue weighted by Gasteiger charge is -2.38. The van der Waals surface area contributed by atoms with Crippen molar-refractivity contribution in [3.05, 3.63) is 71.2 Å². The number of methoxy groups -OCH3 is 1. The zero-order valence-electron chi connectivity index (χ0n) is 19.7. The number of pyridine rings is 1. The molecule has 0 saturated carbocycles. The van der Waals surface area contributed by atoms with Crippen molar-refractivity contribution in [1.29, 1.82) is 0 Å². The summed E-state index contributed by atoms with van der Waals surface area (Å²) in [6, 6.07) is 11.8. The molecular weight excluding hydrogens is 459 g/mol. The van der Waals surface area contributed by atoms with Gasteiger partial charge in [-0.25, -0.2) is 14.8 Å². The molecule has 184 valence electrons. The summed E-state index contributed by atoms with van der Waals surface area (Å²) < 4.78 is 43.3. The molecule has 0 N–H and O–H groups in total. The van der Waals surface area contributed by atoms with Crippen LogP contribution in [0.3, 0.4) is 0 Å². The van der Waals surface area contributed by atoms with Gasteiger partial charge in [0.1, 0.15) is 11.5 Å². The molecule has 1 saturated heterocycles. The summed E-state index contributed by atoms with van der Waals surface area (Å²) in [7, 11) is 1.36. The van der Waals surface area contributed by atoms with E-state index in [1.54, 1.807) is 12.1 Å². The van der Waals surface area contributed by atoms with E-state index in [1.807, 2.05) is 25.1 Å². The lowest BCUT2D eigenvalue weighted by atomic mass is 10.0. The van der Waals surface area contributed by atoms with Crippen molar-refractivity contribution in [1.82, 2.24) is 19.9 Å². The molecule has 35 heavy (non-hydrogen) atoms. The number of benzene rings is 1. The molecule has 2 aromatic heterocycles. The van der Waals surface area contributed by atoms with Gasteiger partial charge in [0.15, 0.2) is 5.82 Å². The highest BCUT2D eigenvalue weighted by atomic mass is 19.4. The fraction of sp³-hybridized carbons (Fsp3) is 0.360. The molecule has 3 aromatic rings. The van der Waals surface area contributed by atoms with E-state index < -0.39 is 11.9 Å². The van der Waals surface area contributed by atoms with Crippen LogP contribution in [0.4, 0.5) is 19.0 Å². The first-order chi connectivity index (χ1) is 16.7. The second-order valence-corrected chi connectivity index (χ2v) is 8.43. The standard InChI is InChI=1S/C25H26F3N5O2/c1-16-14-22(31-23(30-16)20-8-9-21(29-15-20)25(26,27)28)33-12-10-32(11-13-33)17(2)18-4-6-19(7-5-18)24(34)35-3/h4-9,14-15,17H,10-13H2,1-3H3. The Bertz CT molecular complexity index is 1180. The number of aromatic nitrogens is 3. The second-order valence-electron chi connectivity index (χ2n) is 8.43. The Balaban J connectivity index is 1.44. The number of alkyl halides is 3. The summed E-state index contributed by atoms with van der Waals surface area (Å²) in [5.41, 5.74) is 1.85. The third-order valence-electron chi connectivity index (χ3n) is 6.15. The van der Waals surface area contributed by atoms with Crippen molar-refractivity contribution >= 4 is 11.8 Å². The van der Waals surface area contributed by atoms with Crippen molar-refractivity contribution in [2.24, 2.45) is 0 Å². The van der Waals surface area contributed by atoms with Crippen LogP contribution >= 0.6 is 0 Å². The first-order valence-corrected chi connectivity index (χ1v) is 11.2. The average molecular weight is 486 g/mol. The van der Waals surface area contributed by atoms with Gasteiger partial charge in [0.2, 0.25) is 0 Å². The van der Waals surface area contributed by atoms with Gasteiger partial charge in [-0.05, 0) is 43.7 Å². The minimum absolute atomic E-state index is 0.171. The molecule has 1 aliphatic rings. The topological polar surface area (TPSA) is 71.5 Å². The predicted octanol–water partition coefficient (Wildman–Crippen LogP) is 4.54. The van der Waals surface area contributed by atoms with Crippen LogP contribution in [0.2, 0.25) is 0 Å². The Morgan fingerprint density at radius 1 is 1.03 bits per heavy atom. The number of carbonyl (C=O) groups is 1. The quantitative estimate of drug-likeness (QED) is 0.492. The van der Waals surface area contributed by atoms with Crippen molar-refractivity contribution in [3.8, 4) is 11.4 Å². The smallest absolute Gasteiger partial charge is 0.433 e. The van der Waals surface area contributed by atoms with Crippen LogP contribution in [0.5, 0.6) is 0 Å². The number of aryl methyl sites for hydroxylation is 1. The molecule has 1 aliphatic heterocycles. The molecule has 7 nitrogen and oxygen atoms in total. The van der Waals surface area contributed by atoms with Gasteiger partial charge in [-0.2, -0.15) is 13.2 Å². The van der Waals surface area contributed by atoms with E-state index in [4.69, 9.17) is 4.74 Å². The Kier molecular flexibility index (Phi) is 7.02. The number of hydrogen-bond donors (Lipinski definition) is 0. The van der Waals surface area contributed by atoms with E-state index in [1.165, 1.54) is 13.2 Å². The number of piperazine rings is 1. The van der Waals surface area contributed by atoms with Gasteiger partial charge in [-0.1, -0.05) is 12.1 Å². The molecule has 10 heteroatoms. The minimum atomic E-state index is -4.49. The van der Waals surface area contributed by atoms with Gasteiger partial charge in [-0.3, -0.25) is 9.88 Å². The molecule has 1 aromatic carbocycles. The maximum Gasteiger partial charge on any atom is 0.433 e. The highest BCUT2D eigenvalue weighted by Gasteiger charge is 2.32. The molecular formula is C25H26F3N5O2. The normalized spacial score (nSPS) is 15.7. The van der Waals surface area contributed by atoms with Crippen LogP contribution < -0.4 is 4.90 Å². The van der Waals surface area contributed by atoms with E-state index in [-0.39, 0.29) is 12.0 Å². The monoisotopic (exact) mass is 485 g/mol. The Morgan fingerprint density at radius 3 is 2.29 bits per heavy atom. The van der Waals surface area contributed by atoms with Crippen LogP contribution in [0.15, 0.2) is 48.7 Å². The highest BCUT2D eigenvalue weighted by molar-refractivity contribution is 5.89. The summed E-state index contributed by atoms with van der Waals surface area (Å²) in [4.78, 5) is 28.7. The van der Waals surface area contributed by atoms with Crippen LogP contribution in [0.1, 0.15) is 40.3 Å². The zero-order valence-corrected chi connectivity index (χ0v) is 19.7. The lowest BCUT2D eigenvalue weighted by molar-refractivity contribution is -0.141. The van der Waals surface area contributed by atoms with Gasteiger partial charge < -0.3 is 9.64 Å². The van der Waals surface area contributed by atoms with Gasteiger partial charge in [-0.15, -0.1) is 0 Å². The molecule has 0 radical (unpaired) electrons. The van der Waals surface area contributed by atoms with Crippen molar-refractivity contribution < 1.29 is 22.7 Å². The first-order valence-electron chi connectivity index (χ1n) is 11.2. The van der Waals surface area contributed by atoms with Crippen LogP contribution in [0.25, 0.3) is 11.4 Å². The Hall–Kier alpha value is -3.53. The third kappa shape index (κ3) is 5.59. The van der Waals surface area contributed by atoms with E-state index in [9.17, 15) is 18.0 Å². The van der Waals surface area contributed by atoms with Gasteiger partial charge in [0, 0.05) is 55.7 Å². The van der Waals surface area contributed by atoms with Crippen LogP contribution in [-0.4, -0.2) is 59.1 Å². The van der Waals surface area contributed by atoms with E-state index in [2.05, 4.69) is 31.7 Å². The van der Waals surface area contributed by atoms with Crippen LogP contribution in [-0.2, 0) is 10.9 Å². The van der Waals surface area contributed by atoms with E-state index >= 15 is 0 Å². The maximum absolute atomic E-state index is 12.8. The number of carbonyl (C=O) groups excluding carboxylic acids is 1. The minimum Gasteiger partial charge on any atom is -0.465 e. The molecule has 3 heterocycles. The predicted molar refractivity (Wildman–Crippen MR) is 125 cm³/mol. The third-order valence-corrected chi connectivity index (χ3v) is 6.15. The summed E-state index contributed by atoms with van der Waals surface area (Å²) in [6.45, 7) is 7.06. The van der Waals surface area contributed by atoms with Crippen molar-refractivity contribution in [3.63, 3.8) is 0 Å². The molecule has 1 fully saturated rings. The van der Waals surface area contributed by atoms with Gasteiger partial charge in [0.05, 0.1) is 12.7 Å². The fourth-order valence-corrected chi connectivity index (χ4v) is 4.10. The van der Waals surface area contributed by atoms with Gasteiger partial charge in [0.25, 0.3) is 0 Å². The number of nitrogens with zero attached hydrogens (tertiary/aromatic N) is 5. The number of anilines is 1. The van der Waals surface area contributed by atoms with Gasteiger partial charge >= 0.3 is 12.1 Å². The molecule has 0 bridgehead atoms. The number of rotatable bonds is 5. The summed E-state index contributed by atoms with van der Waals surface area (Å²) in [5.74, 6) is 0.731. The summed E-state index contributed by atoms with van der Waals surface area (Å²) in [5, 5.41) is 0. The molecule has 0 aliphatic carbocycles. The molecule has 0 amide bonds. The first kappa shape index (κ1) is 24.6. The highest BCUT2D eigenvalue weighted by Crippen LogP contribution is 2.29. The summed E-state index contributed by atoms with van der Waals surface area (Å²) >= 11 is 0.